The quantitative estimate of drug-likeness (QED) is 0.672. The van der Waals surface area contributed by atoms with Gasteiger partial charge in [-0.2, -0.15) is 0 Å². The smallest absolute Gasteiger partial charge is 0.315 e. The van der Waals surface area contributed by atoms with Crippen LogP contribution in [0.25, 0.3) is 0 Å². The number of carbonyl (C=O) groups is 1. The summed E-state index contributed by atoms with van der Waals surface area (Å²) in [6.07, 6.45) is 6.09. The molecule has 0 aromatic rings. The van der Waals surface area contributed by atoms with Crippen molar-refractivity contribution in [1.82, 2.24) is 15.5 Å². The summed E-state index contributed by atoms with van der Waals surface area (Å²) in [5, 5.41) is 15.2. The highest BCUT2D eigenvalue weighted by Gasteiger charge is 2.42. The Bertz CT molecular complexity index is 301. The van der Waals surface area contributed by atoms with Crippen molar-refractivity contribution in [2.24, 2.45) is 5.92 Å². The maximum absolute atomic E-state index is 11.8. The molecule has 2 fully saturated rings. The second-order valence-corrected chi connectivity index (χ2v) is 6.13. The Labute approximate surface area is 115 Å². The Morgan fingerprint density at radius 1 is 1.32 bits per heavy atom. The van der Waals surface area contributed by atoms with Gasteiger partial charge in [0.1, 0.15) is 0 Å². The normalized spacial score (nSPS) is 23.7. The molecular formula is C14H27N3O2. The van der Waals surface area contributed by atoms with Crippen molar-refractivity contribution in [3.8, 4) is 0 Å². The maximum atomic E-state index is 11.8. The van der Waals surface area contributed by atoms with Gasteiger partial charge in [0.2, 0.25) is 0 Å². The van der Waals surface area contributed by atoms with E-state index in [0.717, 1.165) is 32.5 Å². The monoisotopic (exact) mass is 269 g/mol. The molecule has 0 bridgehead atoms. The standard InChI is InChI=1S/C14H27N3O2/c1-14(11-18,12-5-6-12)16-13(19)15-7-10-17-8-3-2-4-9-17/h12,18H,2-11H2,1H3,(H2,15,16,19). The van der Waals surface area contributed by atoms with Crippen LogP contribution >= 0.6 is 0 Å². The fraction of sp³-hybridized carbons (Fsp3) is 0.929. The van der Waals surface area contributed by atoms with Gasteiger partial charge in [-0.1, -0.05) is 6.42 Å². The van der Waals surface area contributed by atoms with E-state index >= 15 is 0 Å². The third kappa shape index (κ3) is 4.35. The van der Waals surface area contributed by atoms with Crippen LogP contribution in [0, 0.1) is 5.92 Å². The first-order valence-electron chi connectivity index (χ1n) is 7.53. The topological polar surface area (TPSA) is 64.6 Å². The third-order valence-electron chi connectivity index (χ3n) is 4.37. The summed E-state index contributed by atoms with van der Waals surface area (Å²) >= 11 is 0. The summed E-state index contributed by atoms with van der Waals surface area (Å²) in [7, 11) is 0. The number of piperidine rings is 1. The average molecular weight is 269 g/mol. The van der Waals surface area contributed by atoms with Crippen LogP contribution in [0.15, 0.2) is 0 Å². The average Bonchev–Trinajstić information content (AvgIpc) is 3.24. The molecular weight excluding hydrogens is 242 g/mol. The van der Waals surface area contributed by atoms with Crippen molar-refractivity contribution in [3.63, 3.8) is 0 Å². The van der Waals surface area contributed by atoms with E-state index in [1.807, 2.05) is 6.92 Å². The molecule has 2 aliphatic rings. The Kier molecular flexibility index (Phi) is 5.05. The molecule has 1 saturated heterocycles. The lowest BCUT2D eigenvalue weighted by molar-refractivity contribution is 0.154. The highest BCUT2D eigenvalue weighted by Crippen LogP contribution is 2.39. The molecule has 0 aromatic heterocycles. The number of amides is 2. The Balaban J connectivity index is 1.63. The third-order valence-corrected chi connectivity index (χ3v) is 4.37. The van der Waals surface area contributed by atoms with Crippen LogP contribution in [-0.2, 0) is 0 Å². The van der Waals surface area contributed by atoms with Crippen molar-refractivity contribution < 1.29 is 9.90 Å². The first kappa shape index (κ1) is 14.6. The lowest BCUT2D eigenvalue weighted by Crippen LogP contribution is -2.54. The molecule has 2 amide bonds. The van der Waals surface area contributed by atoms with Gasteiger partial charge < -0.3 is 20.6 Å². The van der Waals surface area contributed by atoms with Crippen LogP contribution in [-0.4, -0.2) is 54.4 Å². The van der Waals surface area contributed by atoms with E-state index in [1.165, 1.54) is 19.3 Å². The van der Waals surface area contributed by atoms with E-state index in [4.69, 9.17) is 0 Å². The van der Waals surface area contributed by atoms with Gasteiger partial charge in [-0.3, -0.25) is 0 Å². The molecule has 110 valence electrons. The zero-order valence-electron chi connectivity index (χ0n) is 12.0. The van der Waals surface area contributed by atoms with Crippen molar-refractivity contribution in [2.75, 3.05) is 32.8 Å². The van der Waals surface area contributed by atoms with E-state index in [1.54, 1.807) is 0 Å². The minimum absolute atomic E-state index is 0.0111. The number of aliphatic hydroxyl groups excluding tert-OH is 1. The van der Waals surface area contributed by atoms with Gasteiger partial charge in [0.15, 0.2) is 0 Å². The molecule has 0 aromatic carbocycles. The van der Waals surface area contributed by atoms with Gasteiger partial charge in [0, 0.05) is 13.1 Å². The van der Waals surface area contributed by atoms with Crippen LogP contribution < -0.4 is 10.6 Å². The van der Waals surface area contributed by atoms with Gasteiger partial charge in [0.25, 0.3) is 0 Å². The van der Waals surface area contributed by atoms with Crippen LogP contribution in [0.5, 0.6) is 0 Å². The lowest BCUT2D eigenvalue weighted by Gasteiger charge is -2.29. The highest BCUT2D eigenvalue weighted by molar-refractivity contribution is 5.74. The van der Waals surface area contributed by atoms with Gasteiger partial charge in [0.05, 0.1) is 12.1 Å². The molecule has 1 saturated carbocycles. The van der Waals surface area contributed by atoms with Crippen molar-refractivity contribution in [3.05, 3.63) is 0 Å². The highest BCUT2D eigenvalue weighted by atomic mass is 16.3. The largest absolute Gasteiger partial charge is 0.394 e. The van der Waals surface area contributed by atoms with E-state index < -0.39 is 5.54 Å². The first-order chi connectivity index (χ1) is 9.14. The summed E-state index contributed by atoms with van der Waals surface area (Å²) < 4.78 is 0. The summed E-state index contributed by atoms with van der Waals surface area (Å²) in [4.78, 5) is 14.2. The van der Waals surface area contributed by atoms with Crippen LogP contribution in [0.1, 0.15) is 39.0 Å². The number of hydrogen-bond acceptors (Lipinski definition) is 3. The number of carbonyl (C=O) groups excluding carboxylic acids is 1. The Morgan fingerprint density at radius 3 is 2.58 bits per heavy atom. The molecule has 0 radical (unpaired) electrons. The number of rotatable bonds is 6. The molecule has 2 rings (SSSR count). The minimum atomic E-state index is -0.449. The molecule has 1 aliphatic carbocycles. The zero-order chi connectivity index (χ0) is 13.7. The zero-order valence-corrected chi connectivity index (χ0v) is 12.0. The number of hydrogen-bond donors (Lipinski definition) is 3. The molecule has 0 spiro atoms. The SMILES string of the molecule is CC(CO)(NC(=O)NCCN1CCCCC1)C1CC1. The number of nitrogens with zero attached hydrogens (tertiary/aromatic N) is 1. The minimum Gasteiger partial charge on any atom is -0.394 e. The van der Waals surface area contributed by atoms with Crippen molar-refractivity contribution in [2.45, 2.75) is 44.6 Å². The molecule has 1 aliphatic heterocycles. The van der Waals surface area contributed by atoms with Crippen molar-refractivity contribution in [1.29, 1.82) is 0 Å². The first-order valence-corrected chi connectivity index (χ1v) is 7.53. The molecule has 3 N–H and O–H groups in total. The van der Waals surface area contributed by atoms with Crippen LogP contribution in [0.3, 0.4) is 0 Å². The fourth-order valence-corrected chi connectivity index (χ4v) is 2.81. The Morgan fingerprint density at radius 2 is 2.00 bits per heavy atom. The number of likely N-dealkylation sites (tertiary alicyclic amines) is 1. The number of urea groups is 1. The molecule has 1 heterocycles. The van der Waals surface area contributed by atoms with Gasteiger partial charge >= 0.3 is 6.03 Å². The second kappa shape index (κ2) is 6.57. The number of aliphatic hydroxyl groups is 1. The van der Waals surface area contributed by atoms with Crippen LogP contribution in [0.2, 0.25) is 0 Å². The van der Waals surface area contributed by atoms with Crippen molar-refractivity contribution >= 4 is 6.03 Å². The lowest BCUT2D eigenvalue weighted by atomic mass is 9.97. The summed E-state index contributed by atoms with van der Waals surface area (Å²) in [5.74, 6) is 0.436. The predicted molar refractivity (Wildman–Crippen MR) is 75.0 cm³/mol. The predicted octanol–water partition coefficient (Wildman–Crippen LogP) is 0.932. The van der Waals surface area contributed by atoms with Gasteiger partial charge in [-0.25, -0.2) is 4.79 Å². The second-order valence-electron chi connectivity index (χ2n) is 6.13. The van der Waals surface area contributed by atoms with Crippen LogP contribution in [0.4, 0.5) is 4.79 Å². The summed E-state index contributed by atoms with van der Waals surface area (Å²) in [6.45, 7) is 5.84. The maximum Gasteiger partial charge on any atom is 0.315 e. The van der Waals surface area contributed by atoms with E-state index in [0.29, 0.717) is 12.5 Å². The Hall–Kier alpha value is -0.810. The van der Waals surface area contributed by atoms with E-state index in [9.17, 15) is 9.90 Å². The summed E-state index contributed by atoms with van der Waals surface area (Å²) in [5.41, 5.74) is -0.449. The van der Waals surface area contributed by atoms with Gasteiger partial charge in [-0.05, 0) is 51.6 Å². The fourth-order valence-electron chi connectivity index (χ4n) is 2.81. The van der Waals surface area contributed by atoms with E-state index in [2.05, 4.69) is 15.5 Å². The van der Waals surface area contributed by atoms with Gasteiger partial charge in [-0.15, -0.1) is 0 Å². The molecule has 1 atom stereocenters. The molecule has 19 heavy (non-hydrogen) atoms. The molecule has 5 heteroatoms. The summed E-state index contributed by atoms with van der Waals surface area (Å²) in [6, 6.07) is -0.152. The molecule has 1 unspecified atom stereocenters. The molecule has 5 nitrogen and oxygen atoms in total. The number of nitrogens with one attached hydrogen (secondary N) is 2. The van der Waals surface area contributed by atoms with E-state index in [-0.39, 0.29) is 12.6 Å².